The monoisotopic (exact) mass is 423 g/mol. The van der Waals surface area contributed by atoms with E-state index in [4.69, 9.17) is 22.1 Å². The van der Waals surface area contributed by atoms with Gasteiger partial charge in [-0.05, 0) is 74.8 Å². The molecule has 0 bridgehead atoms. The second kappa shape index (κ2) is 9.53. The van der Waals surface area contributed by atoms with Crippen LogP contribution in [0.4, 0.5) is 0 Å². The number of ether oxygens (including phenoxy) is 1. The lowest BCUT2D eigenvalue weighted by Gasteiger charge is -2.34. The van der Waals surface area contributed by atoms with Gasteiger partial charge in [0.25, 0.3) is 0 Å². The second-order valence-corrected chi connectivity index (χ2v) is 7.98. The average Bonchev–Trinajstić information content (AvgIpc) is 3.11. The fraction of sp³-hybridized carbons (Fsp3) is 0.435. The van der Waals surface area contributed by atoms with Crippen molar-refractivity contribution < 1.29 is 4.74 Å². The van der Waals surface area contributed by atoms with Gasteiger partial charge in [-0.3, -0.25) is 14.5 Å². The van der Waals surface area contributed by atoms with E-state index in [1.807, 2.05) is 52.6 Å². The van der Waals surface area contributed by atoms with E-state index in [1.54, 1.807) is 12.4 Å². The topological polar surface area (TPSA) is 48.1 Å². The van der Waals surface area contributed by atoms with Gasteiger partial charge in [0.15, 0.2) is 5.82 Å². The molecule has 6 nitrogen and oxygen atoms in total. The quantitative estimate of drug-likeness (QED) is 0.496. The molecule has 3 heterocycles. The van der Waals surface area contributed by atoms with Gasteiger partial charge in [0.05, 0.1) is 19.0 Å². The van der Waals surface area contributed by atoms with E-state index >= 15 is 0 Å². The normalized spacial score (nSPS) is 17.2. The highest BCUT2D eigenvalue weighted by Crippen LogP contribution is 2.25. The van der Waals surface area contributed by atoms with Crippen LogP contribution in [0, 0.1) is 4.77 Å². The Labute approximate surface area is 183 Å². The van der Waals surface area contributed by atoms with Crippen LogP contribution in [0.15, 0.2) is 48.8 Å². The lowest BCUT2D eigenvalue weighted by molar-refractivity contribution is 0.100. The van der Waals surface area contributed by atoms with Gasteiger partial charge < -0.3 is 4.74 Å². The van der Waals surface area contributed by atoms with Crippen molar-refractivity contribution in [1.82, 2.24) is 24.2 Å². The summed E-state index contributed by atoms with van der Waals surface area (Å²) >= 11 is 5.91. The molecule has 0 radical (unpaired) electrons. The van der Waals surface area contributed by atoms with E-state index in [0.29, 0.717) is 17.4 Å². The van der Waals surface area contributed by atoms with Crippen molar-refractivity contribution in [3.63, 3.8) is 0 Å². The van der Waals surface area contributed by atoms with Crippen molar-refractivity contribution in [2.75, 3.05) is 13.2 Å². The predicted molar refractivity (Wildman–Crippen MR) is 121 cm³/mol. The minimum Gasteiger partial charge on any atom is -0.494 e. The third-order valence-electron chi connectivity index (χ3n) is 5.72. The van der Waals surface area contributed by atoms with Crippen molar-refractivity contribution >= 4 is 12.2 Å². The van der Waals surface area contributed by atoms with Crippen molar-refractivity contribution in [1.29, 1.82) is 0 Å². The minimum atomic E-state index is 0.598. The summed E-state index contributed by atoms with van der Waals surface area (Å²) in [6, 6.07) is 12.6. The van der Waals surface area contributed by atoms with Gasteiger partial charge in [0.1, 0.15) is 5.75 Å². The van der Waals surface area contributed by atoms with Gasteiger partial charge in [-0.25, -0.2) is 4.68 Å². The Hall–Kier alpha value is -2.51. The van der Waals surface area contributed by atoms with Crippen LogP contribution in [0.1, 0.15) is 39.5 Å². The Bertz CT molecular complexity index is 1010. The Balaban J connectivity index is 1.75. The Morgan fingerprint density at radius 3 is 2.53 bits per heavy atom. The summed E-state index contributed by atoms with van der Waals surface area (Å²) in [7, 11) is 0. The molecule has 0 N–H and O–H groups in total. The van der Waals surface area contributed by atoms with E-state index < -0.39 is 0 Å². The largest absolute Gasteiger partial charge is 0.494 e. The molecule has 2 aromatic heterocycles. The molecule has 4 rings (SSSR count). The molecule has 1 aliphatic heterocycles. The molecule has 1 atom stereocenters. The van der Waals surface area contributed by atoms with Gasteiger partial charge in [-0.2, -0.15) is 0 Å². The van der Waals surface area contributed by atoms with Crippen molar-refractivity contribution in [3.05, 3.63) is 53.6 Å². The van der Waals surface area contributed by atoms with Crippen LogP contribution in [0.5, 0.6) is 5.75 Å². The zero-order valence-corrected chi connectivity index (χ0v) is 18.5. The number of likely N-dealkylation sites (tertiary alicyclic amines) is 1. The molecule has 1 aromatic carbocycles. The van der Waals surface area contributed by atoms with Crippen molar-refractivity contribution in [2.24, 2.45) is 0 Å². The fourth-order valence-corrected chi connectivity index (χ4v) is 4.45. The maximum Gasteiger partial charge on any atom is 0.204 e. The maximum absolute atomic E-state index is 5.91. The molecule has 0 amide bonds. The summed E-state index contributed by atoms with van der Waals surface area (Å²) in [5, 5.41) is 4.95. The zero-order valence-electron chi connectivity index (χ0n) is 17.7. The van der Waals surface area contributed by atoms with E-state index in [9.17, 15) is 0 Å². The van der Waals surface area contributed by atoms with Crippen LogP contribution >= 0.6 is 12.2 Å². The van der Waals surface area contributed by atoms with Gasteiger partial charge in [-0.1, -0.05) is 13.3 Å². The first-order chi connectivity index (χ1) is 14.7. The molecule has 30 heavy (non-hydrogen) atoms. The summed E-state index contributed by atoms with van der Waals surface area (Å²) in [5.41, 5.74) is 1.97. The number of aromatic nitrogens is 4. The predicted octanol–water partition coefficient (Wildman–Crippen LogP) is 5.09. The molecule has 3 aromatic rings. The molecule has 0 unspecified atom stereocenters. The fourth-order valence-electron chi connectivity index (χ4n) is 4.16. The van der Waals surface area contributed by atoms with E-state index in [0.717, 1.165) is 42.5 Å². The number of pyridine rings is 1. The van der Waals surface area contributed by atoms with Gasteiger partial charge in [0, 0.05) is 30.5 Å². The molecule has 0 saturated carbocycles. The number of hydrogen-bond donors (Lipinski definition) is 0. The molecule has 1 saturated heterocycles. The summed E-state index contributed by atoms with van der Waals surface area (Å²) in [5.74, 6) is 1.68. The summed E-state index contributed by atoms with van der Waals surface area (Å²) in [6.07, 6.45) is 8.53. The summed E-state index contributed by atoms with van der Waals surface area (Å²) in [4.78, 5) is 6.67. The van der Waals surface area contributed by atoms with Crippen LogP contribution < -0.4 is 4.74 Å². The number of piperidine rings is 1. The smallest absolute Gasteiger partial charge is 0.204 e. The first-order valence-corrected chi connectivity index (χ1v) is 11.2. The first kappa shape index (κ1) is 20.8. The summed E-state index contributed by atoms with van der Waals surface area (Å²) in [6.45, 7) is 6.72. The first-order valence-electron chi connectivity index (χ1n) is 10.8. The molecule has 0 spiro atoms. The number of nitrogens with zero attached hydrogens (tertiary/aromatic N) is 5. The highest BCUT2D eigenvalue weighted by atomic mass is 32.1. The third kappa shape index (κ3) is 4.32. The molecular weight excluding hydrogens is 394 g/mol. The van der Waals surface area contributed by atoms with E-state index in [1.165, 1.54) is 19.3 Å². The SMILES string of the molecule is CCOc1ccc(-n2c(-c3ccncc3)nn(CN3CCCC[C@@H]3CC)c2=S)cc1. The van der Waals surface area contributed by atoms with Crippen molar-refractivity contribution in [2.45, 2.75) is 52.2 Å². The van der Waals surface area contributed by atoms with Crippen LogP contribution in [-0.2, 0) is 6.67 Å². The highest BCUT2D eigenvalue weighted by molar-refractivity contribution is 7.71. The van der Waals surface area contributed by atoms with Crippen molar-refractivity contribution in [3.8, 4) is 22.8 Å². The van der Waals surface area contributed by atoms with Gasteiger partial charge in [0.2, 0.25) is 4.77 Å². The lowest BCUT2D eigenvalue weighted by atomic mass is 10.0. The average molecular weight is 424 g/mol. The van der Waals surface area contributed by atoms with E-state index in [-0.39, 0.29) is 0 Å². The molecule has 7 heteroatoms. The molecule has 1 fully saturated rings. The maximum atomic E-state index is 5.91. The van der Waals surface area contributed by atoms with Gasteiger partial charge >= 0.3 is 0 Å². The minimum absolute atomic E-state index is 0.598. The second-order valence-electron chi connectivity index (χ2n) is 7.62. The summed E-state index contributed by atoms with van der Waals surface area (Å²) < 4.78 is 10.3. The number of benzene rings is 1. The number of hydrogen-bond acceptors (Lipinski definition) is 5. The van der Waals surface area contributed by atoms with Crippen LogP contribution in [0.3, 0.4) is 0 Å². The molecule has 158 valence electrons. The Morgan fingerprint density at radius 2 is 1.83 bits per heavy atom. The van der Waals surface area contributed by atoms with E-state index in [2.05, 4.69) is 16.8 Å². The Morgan fingerprint density at radius 1 is 1.07 bits per heavy atom. The molecule has 0 aliphatic carbocycles. The van der Waals surface area contributed by atoms with Crippen LogP contribution in [0.25, 0.3) is 17.1 Å². The standard InChI is InChI=1S/C23H29N5OS/c1-3-19-7-5-6-16-26(19)17-27-23(30)28(20-8-10-21(11-9-20)29-4-2)22(25-27)18-12-14-24-15-13-18/h8-15,19H,3-7,16-17H2,1-2H3/t19-/m0/s1. The van der Waals surface area contributed by atoms with Crippen LogP contribution in [-0.4, -0.2) is 43.4 Å². The molecular formula is C23H29N5OS. The van der Waals surface area contributed by atoms with Crippen LogP contribution in [0.2, 0.25) is 0 Å². The zero-order chi connectivity index (χ0) is 20.9. The van der Waals surface area contributed by atoms with Gasteiger partial charge in [-0.15, -0.1) is 5.10 Å². The highest BCUT2D eigenvalue weighted by Gasteiger charge is 2.23. The number of rotatable bonds is 7. The molecule has 1 aliphatic rings. The Kier molecular flexibility index (Phi) is 6.59. The lowest BCUT2D eigenvalue weighted by Crippen LogP contribution is -2.40. The third-order valence-corrected chi connectivity index (χ3v) is 6.11.